The van der Waals surface area contributed by atoms with E-state index in [0.29, 0.717) is 0 Å². The molecule has 4 heteroatoms. The van der Waals surface area contributed by atoms with E-state index in [2.05, 4.69) is 11.8 Å². The summed E-state index contributed by atoms with van der Waals surface area (Å²) >= 11 is 0. The zero-order valence-electron chi connectivity index (χ0n) is 11.9. The van der Waals surface area contributed by atoms with Crippen molar-refractivity contribution in [3.8, 4) is 5.75 Å². The van der Waals surface area contributed by atoms with E-state index < -0.39 is 6.10 Å². The lowest BCUT2D eigenvalue weighted by Crippen LogP contribution is -2.42. The first-order valence-corrected chi connectivity index (χ1v) is 6.88. The van der Waals surface area contributed by atoms with Gasteiger partial charge in [0.2, 0.25) is 0 Å². The summed E-state index contributed by atoms with van der Waals surface area (Å²) in [6, 6.07) is 5.91. The van der Waals surface area contributed by atoms with Crippen molar-refractivity contribution < 1.29 is 14.6 Å². The molecule has 0 radical (unpaired) electrons. The molecule has 0 aliphatic carbocycles. The summed E-state index contributed by atoms with van der Waals surface area (Å²) in [6.45, 7) is 6.36. The first-order valence-electron chi connectivity index (χ1n) is 6.88. The third kappa shape index (κ3) is 3.01. The summed E-state index contributed by atoms with van der Waals surface area (Å²) in [5, 5.41) is 10.0. The van der Waals surface area contributed by atoms with E-state index in [9.17, 15) is 5.11 Å². The number of rotatable bonds is 4. The number of morpholine rings is 1. The molecule has 1 N–H and O–H groups in total. The minimum absolute atomic E-state index is 0.266. The lowest BCUT2D eigenvalue weighted by molar-refractivity contribution is 0.0382. The van der Waals surface area contributed by atoms with Crippen LogP contribution in [0.4, 0.5) is 5.69 Å². The van der Waals surface area contributed by atoms with Crippen LogP contribution in [-0.2, 0) is 4.74 Å². The van der Waals surface area contributed by atoms with Gasteiger partial charge in [0.1, 0.15) is 5.75 Å². The summed E-state index contributed by atoms with van der Waals surface area (Å²) in [5.74, 6) is 0.743. The highest BCUT2D eigenvalue weighted by Crippen LogP contribution is 2.35. The third-order valence-corrected chi connectivity index (χ3v) is 3.62. The maximum atomic E-state index is 10.0. The van der Waals surface area contributed by atoms with Gasteiger partial charge in [0.05, 0.1) is 25.9 Å². The van der Waals surface area contributed by atoms with Gasteiger partial charge in [-0.25, -0.2) is 0 Å². The number of methoxy groups -OCH3 is 1. The molecule has 1 aromatic carbocycles. The van der Waals surface area contributed by atoms with Gasteiger partial charge in [0, 0.05) is 24.3 Å². The highest BCUT2D eigenvalue weighted by molar-refractivity contribution is 5.60. The molecule has 1 aliphatic rings. The Balaban J connectivity index is 2.33. The molecule has 1 aliphatic heterocycles. The van der Waals surface area contributed by atoms with E-state index in [1.807, 2.05) is 18.2 Å². The average molecular weight is 265 g/mol. The van der Waals surface area contributed by atoms with Crippen LogP contribution in [0.25, 0.3) is 0 Å². The molecule has 0 spiro atoms. The first kappa shape index (κ1) is 14.2. The summed E-state index contributed by atoms with van der Waals surface area (Å²) in [5.41, 5.74) is 1.91. The molecule has 2 atom stereocenters. The summed E-state index contributed by atoms with van der Waals surface area (Å²) < 4.78 is 11.1. The van der Waals surface area contributed by atoms with Gasteiger partial charge in [0.25, 0.3) is 0 Å². The van der Waals surface area contributed by atoms with E-state index in [0.717, 1.165) is 43.1 Å². The molecule has 19 heavy (non-hydrogen) atoms. The van der Waals surface area contributed by atoms with Gasteiger partial charge in [-0.05, 0) is 25.5 Å². The molecule has 0 bridgehead atoms. The number of aliphatic hydroxyl groups excluding tert-OH is 1. The van der Waals surface area contributed by atoms with Crippen molar-refractivity contribution in [2.24, 2.45) is 0 Å². The number of hydrogen-bond donors (Lipinski definition) is 1. The van der Waals surface area contributed by atoms with Gasteiger partial charge in [-0.15, -0.1) is 0 Å². The monoisotopic (exact) mass is 265 g/mol. The van der Waals surface area contributed by atoms with Gasteiger partial charge in [-0.3, -0.25) is 0 Å². The first-order chi connectivity index (χ1) is 9.17. The van der Waals surface area contributed by atoms with Crippen LogP contribution >= 0.6 is 0 Å². The topological polar surface area (TPSA) is 41.9 Å². The number of anilines is 1. The Labute approximate surface area is 114 Å². The second kappa shape index (κ2) is 6.26. The molecule has 1 aromatic rings. The van der Waals surface area contributed by atoms with Crippen molar-refractivity contribution in [2.75, 3.05) is 31.7 Å². The van der Waals surface area contributed by atoms with Crippen molar-refractivity contribution in [1.29, 1.82) is 0 Å². The van der Waals surface area contributed by atoms with E-state index in [1.54, 1.807) is 14.0 Å². The minimum Gasteiger partial charge on any atom is -0.496 e. The summed E-state index contributed by atoms with van der Waals surface area (Å²) in [6.07, 6.45) is 0.723. The highest BCUT2D eigenvalue weighted by Gasteiger charge is 2.24. The minimum atomic E-state index is -0.547. The molecule has 106 valence electrons. The van der Waals surface area contributed by atoms with E-state index in [1.165, 1.54) is 0 Å². The Kier molecular flexibility index (Phi) is 4.66. The van der Waals surface area contributed by atoms with Crippen LogP contribution in [0.5, 0.6) is 5.75 Å². The van der Waals surface area contributed by atoms with Crippen molar-refractivity contribution >= 4 is 5.69 Å². The lowest BCUT2D eigenvalue weighted by Gasteiger charge is -2.36. The maximum absolute atomic E-state index is 10.0. The molecule has 1 fully saturated rings. The molecule has 1 saturated heterocycles. The fourth-order valence-corrected chi connectivity index (χ4v) is 2.59. The fraction of sp³-hybridized carbons (Fsp3) is 0.600. The predicted octanol–water partition coefficient (Wildman–Crippen LogP) is 2.36. The fourth-order valence-electron chi connectivity index (χ4n) is 2.59. The molecule has 0 amide bonds. The Morgan fingerprint density at radius 1 is 1.53 bits per heavy atom. The van der Waals surface area contributed by atoms with Crippen LogP contribution in [0, 0.1) is 0 Å². The molecule has 1 unspecified atom stereocenters. The lowest BCUT2D eigenvalue weighted by atomic mass is 10.0. The van der Waals surface area contributed by atoms with E-state index in [-0.39, 0.29) is 6.10 Å². The predicted molar refractivity (Wildman–Crippen MR) is 75.9 cm³/mol. The van der Waals surface area contributed by atoms with Crippen LogP contribution < -0.4 is 9.64 Å². The van der Waals surface area contributed by atoms with Gasteiger partial charge in [0.15, 0.2) is 0 Å². The Morgan fingerprint density at radius 2 is 2.32 bits per heavy atom. The second-order valence-electron chi connectivity index (χ2n) is 4.92. The normalized spacial score (nSPS) is 21.3. The largest absolute Gasteiger partial charge is 0.496 e. The zero-order valence-corrected chi connectivity index (χ0v) is 11.9. The second-order valence-corrected chi connectivity index (χ2v) is 4.92. The van der Waals surface area contributed by atoms with Crippen LogP contribution in [0.1, 0.15) is 31.9 Å². The molecule has 0 saturated carbocycles. The van der Waals surface area contributed by atoms with Crippen molar-refractivity contribution in [3.63, 3.8) is 0 Å². The number of ether oxygens (including phenoxy) is 2. The SMILES string of the molecule is CCC1CN(c2cccc(OC)c2[C@@H](C)O)CCO1. The van der Waals surface area contributed by atoms with Gasteiger partial charge in [-0.1, -0.05) is 13.0 Å². The number of nitrogens with zero attached hydrogens (tertiary/aromatic N) is 1. The van der Waals surface area contributed by atoms with Gasteiger partial charge >= 0.3 is 0 Å². The summed E-state index contributed by atoms with van der Waals surface area (Å²) in [7, 11) is 1.64. The van der Waals surface area contributed by atoms with Crippen LogP contribution in [0.2, 0.25) is 0 Å². The summed E-state index contributed by atoms with van der Waals surface area (Å²) in [4.78, 5) is 2.28. The molecule has 2 rings (SSSR count). The number of aliphatic hydroxyl groups is 1. The number of hydrogen-bond acceptors (Lipinski definition) is 4. The standard InChI is InChI=1S/C15H23NO3/c1-4-12-10-16(8-9-19-12)13-6-5-7-14(18-3)15(13)11(2)17/h5-7,11-12,17H,4,8-10H2,1-3H3/t11-,12?/m1/s1. The van der Waals surface area contributed by atoms with Crippen molar-refractivity contribution in [1.82, 2.24) is 0 Å². The molecular formula is C15H23NO3. The van der Waals surface area contributed by atoms with Crippen molar-refractivity contribution in [3.05, 3.63) is 23.8 Å². The van der Waals surface area contributed by atoms with Crippen LogP contribution in [-0.4, -0.2) is 38.0 Å². The van der Waals surface area contributed by atoms with E-state index >= 15 is 0 Å². The smallest absolute Gasteiger partial charge is 0.126 e. The Morgan fingerprint density at radius 3 is 2.95 bits per heavy atom. The Hall–Kier alpha value is -1.26. The third-order valence-electron chi connectivity index (χ3n) is 3.62. The van der Waals surface area contributed by atoms with Crippen LogP contribution in [0.15, 0.2) is 18.2 Å². The van der Waals surface area contributed by atoms with Crippen LogP contribution in [0.3, 0.4) is 0 Å². The molecule has 0 aromatic heterocycles. The Bertz CT molecular complexity index is 420. The highest BCUT2D eigenvalue weighted by atomic mass is 16.5. The zero-order chi connectivity index (χ0) is 13.8. The average Bonchev–Trinajstić information content (AvgIpc) is 2.46. The molecule has 4 nitrogen and oxygen atoms in total. The number of benzene rings is 1. The van der Waals surface area contributed by atoms with Crippen molar-refractivity contribution in [2.45, 2.75) is 32.5 Å². The van der Waals surface area contributed by atoms with E-state index in [4.69, 9.17) is 9.47 Å². The quantitative estimate of drug-likeness (QED) is 0.907. The van der Waals surface area contributed by atoms with Gasteiger partial charge in [-0.2, -0.15) is 0 Å². The maximum Gasteiger partial charge on any atom is 0.126 e. The van der Waals surface area contributed by atoms with Gasteiger partial charge < -0.3 is 19.5 Å². The molecular weight excluding hydrogens is 242 g/mol. The molecule has 1 heterocycles.